The van der Waals surface area contributed by atoms with Crippen LogP contribution in [0.3, 0.4) is 0 Å². The monoisotopic (exact) mass is 465 g/mol. The maximum Gasteiger partial charge on any atom is 0.258 e. The number of carbonyl (C=O) groups is 1. The summed E-state index contributed by atoms with van der Waals surface area (Å²) in [5, 5.41) is 6.01. The minimum atomic E-state index is -0.289. The van der Waals surface area contributed by atoms with Gasteiger partial charge in [-0.15, -0.1) is 0 Å². The third-order valence-electron chi connectivity index (χ3n) is 4.37. The molecule has 3 aromatic carbocycles. The number of thiocarbonyl (C=S) groups is 1. The van der Waals surface area contributed by atoms with Gasteiger partial charge in [-0.3, -0.25) is 10.1 Å². The Morgan fingerprint density at radius 3 is 2.62 bits per heavy atom. The lowest BCUT2D eigenvalue weighted by atomic mass is 10.1. The van der Waals surface area contributed by atoms with Gasteiger partial charge >= 0.3 is 0 Å². The van der Waals surface area contributed by atoms with Crippen molar-refractivity contribution in [3.05, 3.63) is 82.3 Å². The van der Waals surface area contributed by atoms with E-state index in [4.69, 9.17) is 16.6 Å². The number of hydrogen-bond donors (Lipinski definition) is 2. The van der Waals surface area contributed by atoms with Crippen molar-refractivity contribution >= 4 is 56.0 Å². The Kier molecular flexibility index (Phi) is 5.42. The van der Waals surface area contributed by atoms with Crippen LogP contribution in [-0.2, 0) is 0 Å². The number of rotatable bonds is 3. The van der Waals surface area contributed by atoms with Crippen LogP contribution in [0.15, 0.2) is 75.6 Å². The molecule has 0 fully saturated rings. The maximum atomic E-state index is 12.4. The molecule has 0 unspecified atom stereocenters. The highest BCUT2D eigenvalue weighted by molar-refractivity contribution is 9.10. The van der Waals surface area contributed by atoms with Gasteiger partial charge in [0.15, 0.2) is 10.7 Å². The quantitative estimate of drug-likeness (QED) is 0.380. The molecule has 1 heterocycles. The van der Waals surface area contributed by atoms with E-state index in [9.17, 15) is 4.79 Å². The first-order valence-corrected chi connectivity index (χ1v) is 10.0. The SMILES string of the molecule is Cc1ccc(-c2nc3ccccc3o2)cc1NC(=S)NC(=O)c1ccccc1Br. The molecule has 0 atom stereocenters. The first-order chi connectivity index (χ1) is 14.0. The van der Waals surface area contributed by atoms with E-state index < -0.39 is 0 Å². The molecule has 1 aromatic heterocycles. The van der Waals surface area contributed by atoms with Gasteiger partial charge < -0.3 is 9.73 Å². The Balaban J connectivity index is 1.54. The zero-order chi connectivity index (χ0) is 20.4. The number of oxazole rings is 1. The van der Waals surface area contributed by atoms with Gasteiger partial charge in [-0.05, 0) is 77.0 Å². The second-order valence-electron chi connectivity index (χ2n) is 6.40. The molecule has 0 bridgehead atoms. The average Bonchev–Trinajstić information content (AvgIpc) is 3.14. The van der Waals surface area contributed by atoms with Crippen molar-refractivity contribution in [1.29, 1.82) is 0 Å². The van der Waals surface area contributed by atoms with Crippen LogP contribution in [0.1, 0.15) is 15.9 Å². The number of carbonyl (C=O) groups excluding carboxylic acids is 1. The van der Waals surface area contributed by atoms with Gasteiger partial charge in [0, 0.05) is 15.7 Å². The van der Waals surface area contributed by atoms with Crippen LogP contribution in [0.5, 0.6) is 0 Å². The van der Waals surface area contributed by atoms with Crippen molar-refractivity contribution in [1.82, 2.24) is 10.3 Å². The standard InChI is InChI=1S/C22H16BrN3O2S/c1-13-10-11-14(21-24-17-8-4-5-9-19(17)28-21)12-18(13)25-22(29)26-20(27)15-6-2-3-7-16(15)23/h2-12H,1H3,(H2,25,26,27,29). The normalized spacial score (nSPS) is 10.7. The molecule has 0 radical (unpaired) electrons. The number of aromatic nitrogens is 1. The fourth-order valence-electron chi connectivity index (χ4n) is 2.85. The summed E-state index contributed by atoms with van der Waals surface area (Å²) >= 11 is 8.70. The number of fused-ring (bicyclic) bond motifs is 1. The number of para-hydroxylation sites is 2. The highest BCUT2D eigenvalue weighted by Crippen LogP contribution is 2.28. The van der Waals surface area contributed by atoms with E-state index in [0.717, 1.165) is 27.9 Å². The minimum absolute atomic E-state index is 0.212. The fourth-order valence-corrected chi connectivity index (χ4v) is 3.52. The third-order valence-corrected chi connectivity index (χ3v) is 5.27. The van der Waals surface area contributed by atoms with Crippen LogP contribution in [0.4, 0.5) is 5.69 Å². The second kappa shape index (κ2) is 8.14. The molecule has 144 valence electrons. The summed E-state index contributed by atoms with van der Waals surface area (Å²) in [7, 11) is 0. The topological polar surface area (TPSA) is 67.2 Å². The van der Waals surface area contributed by atoms with Crippen molar-refractivity contribution < 1.29 is 9.21 Å². The van der Waals surface area contributed by atoms with E-state index in [1.165, 1.54) is 0 Å². The first-order valence-electron chi connectivity index (χ1n) is 8.85. The zero-order valence-corrected chi connectivity index (χ0v) is 17.8. The van der Waals surface area contributed by atoms with Crippen molar-refractivity contribution in [2.45, 2.75) is 6.92 Å². The molecule has 7 heteroatoms. The number of nitrogens with one attached hydrogen (secondary N) is 2. The fraction of sp³-hybridized carbons (Fsp3) is 0.0455. The molecular weight excluding hydrogens is 450 g/mol. The Bertz CT molecular complexity index is 1200. The molecule has 0 saturated heterocycles. The Hall–Kier alpha value is -3.03. The molecule has 0 spiro atoms. The molecular formula is C22H16BrN3O2S. The lowest BCUT2D eigenvalue weighted by molar-refractivity contribution is 0.0977. The number of hydrogen-bond acceptors (Lipinski definition) is 4. The predicted molar refractivity (Wildman–Crippen MR) is 122 cm³/mol. The molecule has 4 rings (SSSR count). The lowest BCUT2D eigenvalue weighted by Gasteiger charge is -2.13. The molecule has 0 aliphatic rings. The highest BCUT2D eigenvalue weighted by Gasteiger charge is 2.13. The van der Waals surface area contributed by atoms with Crippen LogP contribution in [-0.4, -0.2) is 16.0 Å². The van der Waals surface area contributed by atoms with Crippen molar-refractivity contribution in [3.8, 4) is 11.5 Å². The summed E-state index contributed by atoms with van der Waals surface area (Å²) in [6, 6.07) is 20.6. The van der Waals surface area contributed by atoms with E-state index in [1.54, 1.807) is 18.2 Å². The first kappa shape index (κ1) is 19.3. The van der Waals surface area contributed by atoms with Crippen LogP contribution < -0.4 is 10.6 Å². The zero-order valence-electron chi connectivity index (χ0n) is 15.4. The second-order valence-corrected chi connectivity index (χ2v) is 7.67. The van der Waals surface area contributed by atoms with Gasteiger partial charge in [0.2, 0.25) is 5.89 Å². The Morgan fingerprint density at radius 1 is 1.07 bits per heavy atom. The van der Waals surface area contributed by atoms with Gasteiger partial charge in [0.1, 0.15) is 5.52 Å². The molecule has 0 aliphatic heterocycles. The van der Waals surface area contributed by atoms with Crippen LogP contribution >= 0.6 is 28.1 Å². The summed E-state index contributed by atoms with van der Waals surface area (Å²) in [4.78, 5) is 17.0. The number of aryl methyl sites for hydroxylation is 1. The molecule has 2 N–H and O–H groups in total. The van der Waals surface area contributed by atoms with E-state index in [1.807, 2.05) is 55.5 Å². The van der Waals surface area contributed by atoms with Gasteiger partial charge in [0.25, 0.3) is 5.91 Å². The van der Waals surface area contributed by atoms with Gasteiger partial charge in [0.05, 0.1) is 5.56 Å². The number of nitrogens with zero attached hydrogens (tertiary/aromatic N) is 1. The van der Waals surface area contributed by atoms with E-state index in [0.29, 0.717) is 15.9 Å². The lowest BCUT2D eigenvalue weighted by Crippen LogP contribution is -2.34. The Morgan fingerprint density at radius 2 is 1.83 bits per heavy atom. The molecule has 5 nitrogen and oxygen atoms in total. The summed E-state index contributed by atoms with van der Waals surface area (Å²) < 4.78 is 6.55. The molecule has 0 saturated carbocycles. The number of halogens is 1. The van der Waals surface area contributed by atoms with Gasteiger partial charge in [-0.1, -0.05) is 30.3 Å². The number of amides is 1. The van der Waals surface area contributed by atoms with E-state index in [-0.39, 0.29) is 11.0 Å². The van der Waals surface area contributed by atoms with Crippen LogP contribution in [0.25, 0.3) is 22.6 Å². The van der Waals surface area contributed by atoms with Gasteiger partial charge in [-0.25, -0.2) is 4.98 Å². The van der Waals surface area contributed by atoms with E-state index >= 15 is 0 Å². The Labute approximate surface area is 181 Å². The van der Waals surface area contributed by atoms with Crippen LogP contribution in [0, 0.1) is 6.92 Å². The van der Waals surface area contributed by atoms with Crippen molar-refractivity contribution in [2.75, 3.05) is 5.32 Å². The summed E-state index contributed by atoms with van der Waals surface area (Å²) in [6.07, 6.45) is 0. The molecule has 29 heavy (non-hydrogen) atoms. The average molecular weight is 466 g/mol. The van der Waals surface area contributed by atoms with E-state index in [2.05, 4.69) is 31.5 Å². The predicted octanol–water partition coefficient (Wildman–Crippen LogP) is 5.69. The number of benzene rings is 3. The highest BCUT2D eigenvalue weighted by atomic mass is 79.9. The van der Waals surface area contributed by atoms with Gasteiger partial charge in [-0.2, -0.15) is 0 Å². The third kappa shape index (κ3) is 4.21. The van der Waals surface area contributed by atoms with Crippen molar-refractivity contribution in [3.63, 3.8) is 0 Å². The van der Waals surface area contributed by atoms with Crippen LogP contribution in [0.2, 0.25) is 0 Å². The molecule has 0 aliphatic carbocycles. The summed E-state index contributed by atoms with van der Waals surface area (Å²) in [5.74, 6) is 0.236. The molecule has 1 amide bonds. The number of anilines is 1. The smallest absolute Gasteiger partial charge is 0.258 e. The summed E-state index contributed by atoms with van der Waals surface area (Å²) in [6.45, 7) is 1.95. The molecule has 4 aromatic rings. The minimum Gasteiger partial charge on any atom is -0.436 e. The maximum absolute atomic E-state index is 12.4. The largest absolute Gasteiger partial charge is 0.436 e. The van der Waals surface area contributed by atoms with Crippen molar-refractivity contribution in [2.24, 2.45) is 0 Å². The summed E-state index contributed by atoms with van der Waals surface area (Å²) in [5.41, 5.74) is 4.59.